The van der Waals surface area contributed by atoms with E-state index in [1.165, 1.54) is 5.56 Å². The summed E-state index contributed by atoms with van der Waals surface area (Å²) < 4.78 is 0. The summed E-state index contributed by atoms with van der Waals surface area (Å²) in [6, 6.07) is 8.27. The second-order valence-electron chi connectivity index (χ2n) is 6.38. The number of anilines is 1. The summed E-state index contributed by atoms with van der Waals surface area (Å²) in [6.07, 6.45) is 9.37. The van der Waals surface area contributed by atoms with Crippen LogP contribution in [-0.4, -0.2) is 28.0 Å². The van der Waals surface area contributed by atoms with Crippen LogP contribution in [0, 0.1) is 5.92 Å². The van der Waals surface area contributed by atoms with Gasteiger partial charge in [0, 0.05) is 30.5 Å². The minimum atomic E-state index is 0.195. The van der Waals surface area contributed by atoms with Gasteiger partial charge in [-0.15, -0.1) is 0 Å². The molecule has 1 aliphatic rings. The molecule has 1 saturated heterocycles. The third-order valence-electron chi connectivity index (χ3n) is 4.75. The normalized spacial score (nSPS) is 15.7. The molecule has 1 fully saturated rings. The monoisotopic (exact) mass is 383 g/mol. The molecule has 0 radical (unpaired) electrons. The van der Waals surface area contributed by atoms with E-state index in [2.05, 4.69) is 31.7 Å². The van der Waals surface area contributed by atoms with Crippen molar-refractivity contribution >= 4 is 28.3 Å². The van der Waals surface area contributed by atoms with Crippen molar-refractivity contribution in [3.8, 4) is 0 Å². The van der Waals surface area contributed by atoms with Gasteiger partial charge in [0.1, 0.15) is 5.52 Å². The van der Waals surface area contributed by atoms with Gasteiger partial charge in [0.05, 0.1) is 16.6 Å². The molecule has 27 heavy (non-hydrogen) atoms. The summed E-state index contributed by atoms with van der Waals surface area (Å²) in [4.78, 5) is 13.0. The summed E-state index contributed by atoms with van der Waals surface area (Å²) in [5.41, 5.74) is 3.69. The average molecular weight is 384 g/mol. The molecule has 2 aromatic heterocycles. The molecule has 1 aromatic carbocycles. The second-order valence-corrected chi connectivity index (χ2v) is 6.79. The maximum absolute atomic E-state index is 6.41. The Balaban J connectivity index is 0.00000102. The topological polar surface area (TPSA) is 62.7 Å². The standard InChI is InChI=1S/C19H20ClN5.C2H6/c20-16-10-15(11-17-19(16)24-9-8-23-17)25-18(13-3-6-21-7-4-13)14-2-1-5-22-12-14;1-2/h1-2,5,8-13,18,21,25H,3-4,6-7H2;1-2H3. The van der Waals surface area contributed by atoms with Gasteiger partial charge in [0.2, 0.25) is 0 Å². The molecule has 0 amide bonds. The molecule has 1 aliphatic heterocycles. The maximum atomic E-state index is 6.41. The first-order valence-corrected chi connectivity index (χ1v) is 9.96. The predicted molar refractivity (Wildman–Crippen MR) is 112 cm³/mol. The Hall–Kier alpha value is -2.24. The molecule has 0 spiro atoms. The van der Waals surface area contributed by atoms with E-state index in [0.717, 1.165) is 42.7 Å². The number of rotatable bonds is 4. The van der Waals surface area contributed by atoms with Crippen LogP contribution in [0.3, 0.4) is 0 Å². The number of nitrogens with one attached hydrogen (secondary N) is 2. The lowest BCUT2D eigenvalue weighted by molar-refractivity contribution is 0.335. The number of benzene rings is 1. The summed E-state index contributed by atoms with van der Waals surface area (Å²) in [5, 5.41) is 7.73. The van der Waals surface area contributed by atoms with Crippen molar-refractivity contribution in [2.75, 3.05) is 18.4 Å². The van der Waals surface area contributed by atoms with E-state index < -0.39 is 0 Å². The number of nitrogens with zero attached hydrogens (tertiary/aromatic N) is 3. The zero-order valence-electron chi connectivity index (χ0n) is 15.8. The van der Waals surface area contributed by atoms with Gasteiger partial charge in [0.15, 0.2) is 0 Å². The van der Waals surface area contributed by atoms with Crippen LogP contribution in [-0.2, 0) is 0 Å². The predicted octanol–water partition coefficient (Wildman–Crippen LogP) is 4.86. The molecule has 6 heteroatoms. The van der Waals surface area contributed by atoms with Gasteiger partial charge in [-0.25, -0.2) is 0 Å². The first kappa shape index (κ1) is 19.5. The lowest BCUT2D eigenvalue weighted by Gasteiger charge is -2.32. The molecule has 142 valence electrons. The quantitative estimate of drug-likeness (QED) is 0.673. The molecule has 3 heterocycles. The molecule has 0 bridgehead atoms. The van der Waals surface area contributed by atoms with Crippen molar-refractivity contribution < 1.29 is 0 Å². The highest BCUT2D eigenvalue weighted by molar-refractivity contribution is 6.35. The van der Waals surface area contributed by atoms with Gasteiger partial charge in [-0.3, -0.25) is 15.0 Å². The van der Waals surface area contributed by atoms with Crippen molar-refractivity contribution in [2.45, 2.75) is 32.7 Å². The zero-order valence-corrected chi connectivity index (χ0v) is 16.6. The Bertz CT molecular complexity index is 850. The van der Waals surface area contributed by atoms with Crippen molar-refractivity contribution in [3.05, 3.63) is 59.6 Å². The van der Waals surface area contributed by atoms with Crippen LogP contribution in [0.2, 0.25) is 5.02 Å². The maximum Gasteiger partial charge on any atom is 0.107 e. The van der Waals surface area contributed by atoms with Gasteiger partial charge in [-0.1, -0.05) is 31.5 Å². The van der Waals surface area contributed by atoms with E-state index in [-0.39, 0.29) is 6.04 Å². The van der Waals surface area contributed by atoms with Crippen LogP contribution >= 0.6 is 11.6 Å². The first-order valence-electron chi connectivity index (χ1n) is 9.59. The Morgan fingerprint density at radius 2 is 1.89 bits per heavy atom. The Labute approximate surface area is 165 Å². The number of hydrogen-bond donors (Lipinski definition) is 2. The van der Waals surface area contributed by atoms with Crippen molar-refractivity contribution in [2.24, 2.45) is 5.92 Å². The van der Waals surface area contributed by atoms with Gasteiger partial charge in [-0.2, -0.15) is 0 Å². The van der Waals surface area contributed by atoms with Gasteiger partial charge in [-0.05, 0) is 55.6 Å². The Kier molecular flexibility index (Phi) is 6.96. The number of pyridine rings is 1. The fraction of sp³-hybridized carbons (Fsp3) is 0.381. The van der Waals surface area contributed by atoms with Crippen molar-refractivity contribution in [3.63, 3.8) is 0 Å². The van der Waals surface area contributed by atoms with E-state index >= 15 is 0 Å². The van der Waals surface area contributed by atoms with E-state index in [1.54, 1.807) is 12.4 Å². The zero-order chi connectivity index (χ0) is 19.1. The van der Waals surface area contributed by atoms with Crippen molar-refractivity contribution in [1.29, 1.82) is 0 Å². The minimum Gasteiger partial charge on any atom is -0.378 e. The molecular formula is C21H26ClN5. The molecule has 1 atom stereocenters. The largest absolute Gasteiger partial charge is 0.378 e. The highest BCUT2D eigenvalue weighted by atomic mass is 35.5. The smallest absolute Gasteiger partial charge is 0.107 e. The SMILES string of the molecule is CC.Clc1cc(NC(c2cccnc2)C2CCNCC2)cc2nccnc12. The number of fused-ring (bicyclic) bond motifs is 1. The second kappa shape index (κ2) is 9.62. The van der Waals surface area contributed by atoms with Gasteiger partial charge < -0.3 is 10.6 Å². The van der Waals surface area contributed by atoms with Gasteiger partial charge >= 0.3 is 0 Å². The number of piperidine rings is 1. The third kappa shape index (κ3) is 4.73. The fourth-order valence-electron chi connectivity index (χ4n) is 3.51. The van der Waals surface area contributed by atoms with Crippen LogP contribution in [0.25, 0.3) is 11.0 Å². The summed E-state index contributed by atoms with van der Waals surface area (Å²) >= 11 is 6.41. The van der Waals surface area contributed by atoms with Crippen LogP contribution in [0.5, 0.6) is 0 Å². The highest BCUT2D eigenvalue weighted by Gasteiger charge is 2.25. The summed E-state index contributed by atoms with van der Waals surface area (Å²) in [5.74, 6) is 0.543. The molecule has 1 unspecified atom stereocenters. The number of hydrogen-bond acceptors (Lipinski definition) is 5. The number of aromatic nitrogens is 3. The third-order valence-corrected chi connectivity index (χ3v) is 5.04. The van der Waals surface area contributed by atoms with E-state index in [1.807, 2.05) is 44.4 Å². The average Bonchev–Trinajstić information content (AvgIpc) is 2.75. The molecule has 4 rings (SSSR count). The first-order chi connectivity index (χ1) is 13.3. The fourth-order valence-corrected chi connectivity index (χ4v) is 3.77. The van der Waals surface area contributed by atoms with Crippen LogP contribution in [0.15, 0.2) is 49.1 Å². The van der Waals surface area contributed by atoms with Gasteiger partial charge in [0.25, 0.3) is 0 Å². The summed E-state index contributed by atoms with van der Waals surface area (Å²) in [6.45, 7) is 6.10. The molecular weight excluding hydrogens is 358 g/mol. The molecule has 0 saturated carbocycles. The van der Waals surface area contributed by atoms with Crippen LogP contribution < -0.4 is 10.6 Å². The Morgan fingerprint density at radius 1 is 1.11 bits per heavy atom. The molecule has 5 nitrogen and oxygen atoms in total. The minimum absolute atomic E-state index is 0.195. The van der Waals surface area contributed by atoms with Crippen LogP contribution in [0.1, 0.15) is 38.3 Å². The molecule has 0 aliphatic carbocycles. The van der Waals surface area contributed by atoms with E-state index in [4.69, 9.17) is 11.6 Å². The highest BCUT2D eigenvalue weighted by Crippen LogP contribution is 2.34. The van der Waals surface area contributed by atoms with E-state index in [0.29, 0.717) is 10.9 Å². The molecule has 3 aromatic rings. The Morgan fingerprint density at radius 3 is 2.63 bits per heavy atom. The molecule has 2 N–H and O–H groups in total. The number of halogens is 1. The summed E-state index contributed by atoms with van der Waals surface area (Å²) in [7, 11) is 0. The van der Waals surface area contributed by atoms with Crippen LogP contribution in [0.4, 0.5) is 5.69 Å². The lowest BCUT2D eigenvalue weighted by Crippen LogP contribution is -2.33. The lowest BCUT2D eigenvalue weighted by atomic mass is 9.86. The van der Waals surface area contributed by atoms with Crippen molar-refractivity contribution in [1.82, 2.24) is 20.3 Å². The van der Waals surface area contributed by atoms with E-state index in [9.17, 15) is 0 Å².